The van der Waals surface area contributed by atoms with Crippen molar-refractivity contribution in [1.29, 1.82) is 0 Å². The molecule has 0 atom stereocenters. The van der Waals surface area contributed by atoms with Gasteiger partial charge in [-0.2, -0.15) is 0 Å². The van der Waals surface area contributed by atoms with Crippen LogP contribution < -0.4 is 16.0 Å². The summed E-state index contributed by atoms with van der Waals surface area (Å²) in [7, 11) is 1.72. The molecule has 0 aliphatic carbocycles. The summed E-state index contributed by atoms with van der Waals surface area (Å²) in [5, 5.41) is 10.2. The van der Waals surface area contributed by atoms with Gasteiger partial charge in [0.25, 0.3) is 0 Å². The molecule has 0 bridgehead atoms. The van der Waals surface area contributed by atoms with Crippen molar-refractivity contribution in [2.75, 3.05) is 18.9 Å². The van der Waals surface area contributed by atoms with Gasteiger partial charge >= 0.3 is 0 Å². The van der Waals surface area contributed by atoms with Gasteiger partial charge in [-0.3, -0.25) is 10.3 Å². The molecule has 0 amide bonds. The third-order valence-corrected chi connectivity index (χ3v) is 4.36. The highest BCUT2D eigenvalue weighted by molar-refractivity contribution is 7.80. The van der Waals surface area contributed by atoms with E-state index in [-0.39, 0.29) is 5.82 Å². The van der Waals surface area contributed by atoms with Gasteiger partial charge in [-0.1, -0.05) is 0 Å². The van der Waals surface area contributed by atoms with E-state index in [9.17, 15) is 4.39 Å². The van der Waals surface area contributed by atoms with Gasteiger partial charge in [-0.25, -0.2) is 14.4 Å². The highest BCUT2D eigenvalue weighted by Crippen LogP contribution is 2.19. The van der Waals surface area contributed by atoms with Crippen LogP contribution in [-0.4, -0.2) is 39.6 Å². The first kappa shape index (κ1) is 19.7. The Morgan fingerprint density at radius 2 is 1.96 bits per heavy atom. The molecule has 0 spiro atoms. The zero-order valence-electron chi connectivity index (χ0n) is 15.9. The number of hydrogen-bond donors (Lipinski definition) is 4. The maximum absolute atomic E-state index is 13.5. The van der Waals surface area contributed by atoms with Crippen LogP contribution in [0.1, 0.15) is 17.0 Å². The number of nitrogens with zero attached hydrogens (tertiary/aromatic N) is 3. The number of fused-ring (bicyclic) bond motifs is 1. The molecule has 0 radical (unpaired) electrons. The number of nitrogens with one attached hydrogen (secondary N) is 4. The van der Waals surface area contributed by atoms with Crippen molar-refractivity contribution in [3.8, 4) is 0 Å². The number of guanidine groups is 1. The lowest BCUT2D eigenvalue weighted by Crippen LogP contribution is -2.41. The van der Waals surface area contributed by atoms with Crippen LogP contribution in [0.5, 0.6) is 0 Å². The fourth-order valence-electron chi connectivity index (χ4n) is 2.81. The second-order valence-corrected chi connectivity index (χ2v) is 6.70. The van der Waals surface area contributed by atoms with E-state index in [4.69, 9.17) is 12.2 Å². The predicted molar refractivity (Wildman–Crippen MR) is 114 cm³/mol. The van der Waals surface area contributed by atoms with Gasteiger partial charge in [0.2, 0.25) is 11.9 Å². The minimum atomic E-state index is -0.257. The second-order valence-electron chi connectivity index (χ2n) is 6.29. The number of thiocarbonyl (C=S) groups is 1. The third kappa shape index (κ3) is 5.01. The fraction of sp³-hybridized carbons (Fsp3) is 0.263. The molecule has 0 saturated heterocycles. The average Bonchev–Trinajstić information content (AvgIpc) is 3.03. The van der Waals surface area contributed by atoms with Crippen LogP contribution in [0.25, 0.3) is 10.9 Å². The molecule has 0 aliphatic rings. The largest absolute Gasteiger partial charge is 0.365 e. The van der Waals surface area contributed by atoms with Crippen molar-refractivity contribution in [3.63, 3.8) is 0 Å². The number of benzene rings is 1. The zero-order chi connectivity index (χ0) is 20.1. The molecule has 2 aromatic heterocycles. The van der Waals surface area contributed by atoms with Crippen LogP contribution in [0.4, 0.5) is 10.3 Å². The molecular weight excluding hydrogens is 377 g/mol. The van der Waals surface area contributed by atoms with Crippen LogP contribution in [0.15, 0.2) is 35.5 Å². The molecule has 2 heterocycles. The molecule has 0 aliphatic heterocycles. The molecule has 3 rings (SSSR count). The average molecular weight is 399 g/mol. The summed E-state index contributed by atoms with van der Waals surface area (Å²) in [6.45, 7) is 4.27. The Kier molecular flexibility index (Phi) is 6.15. The predicted octanol–water partition coefficient (Wildman–Crippen LogP) is 2.82. The van der Waals surface area contributed by atoms with Crippen LogP contribution in [0.2, 0.25) is 0 Å². The Balaban J connectivity index is 1.76. The van der Waals surface area contributed by atoms with Crippen LogP contribution in [-0.2, 0) is 6.42 Å². The first-order chi connectivity index (χ1) is 13.4. The lowest BCUT2D eigenvalue weighted by Gasteiger charge is -2.12. The number of H-pyrrole nitrogens is 1. The first-order valence-electron chi connectivity index (χ1n) is 8.82. The molecule has 0 unspecified atom stereocenters. The van der Waals surface area contributed by atoms with Crippen molar-refractivity contribution >= 4 is 40.1 Å². The van der Waals surface area contributed by atoms with E-state index >= 15 is 0 Å². The topological polar surface area (TPSA) is 90.0 Å². The molecule has 1 aromatic carbocycles. The summed E-state index contributed by atoms with van der Waals surface area (Å²) in [4.78, 5) is 16.4. The quantitative estimate of drug-likeness (QED) is 0.306. The number of rotatable bonds is 4. The van der Waals surface area contributed by atoms with Gasteiger partial charge in [0.15, 0.2) is 5.11 Å². The number of hydrogen-bond acceptors (Lipinski definition) is 4. The minimum absolute atomic E-state index is 0.257. The summed E-state index contributed by atoms with van der Waals surface area (Å²) in [6.07, 6.45) is 2.52. The normalized spacial score (nSPS) is 11.5. The number of aliphatic imine (C=N–C) groups is 1. The van der Waals surface area contributed by atoms with Gasteiger partial charge in [0, 0.05) is 42.1 Å². The molecule has 4 N–H and O–H groups in total. The van der Waals surface area contributed by atoms with Crippen LogP contribution in [0.3, 0.4) is 0 Å². The fourth-order valence-corrected chi connectivity index (χ4v) is 2.91. The summed E-state index contributed by atoms with van der Waals surface area (Å²) >= 11 is 5.18. The number of aromatic amines is 1. The summed E-state index contributed by atoms with van der Waals surface area (Å²) in [5.41, 5.74) is 3.60. The van der Waals surface area contributed by atoms with Gasteiger partial charge in [0.05, 0.1) is 0 Å². The van der Waals surface area contributed by atoms with Crippen molar-refractivity contribution in [2.45, 2.75) is 20.3 Å². The lowest BCUT2D eigenvalue weighted by molar-refractivity contribution is 0.629. The summed E-state index contributed by atoms with van der Waals surface area (Å²) in [5.74, 6) is 0.624. The van der Waals surface area contributed by atoms with Crippen molar-refractivity contribution in [2.24, 2.45) is 4.99 Å². The number of halogens is 1. The molecule has 9 heteroatoms. The van der Waals surface area contributed by atoms with E-state index in [1.54, 1.807) is 13.1 Å². The molecule has 3 aromatic rings. The van der Waals surface area contributed by atoms with Gasteiger partial charge in [0.1, 0.15) is 5.82 Å². The Labute approximate surface area is 167 Å². The lowest BCUT2D eigenvalue weighted by atomic mass is 10.1. The standard InChI is InChI=1S/C19H22FN7S/c1-11-8-12(2)25-18(24-11)26-17(27-19(28)21-3)22-7-6-13-10-23-16-5-4-14(20)9-15(13)16/h4-5,8-10,23H,6-7H2,1-3H3,(H3,21,22,24,25,26,27,28). The van der Waals surface area contributed by atoms with E-state index in [1.807, 2.05) is 26.1 Å². The Morgan fingerprint density at radius 3 is 2.68 bits per heavy atom. The van der Waals surface area contributed by atoms with Gasteiger partial charge in [-0.05, 0) is 62.3 Å². The number of anilines is 1. The minimum Gasteiger partial charge on any atom is -0.365 e. The number of aryl methyl sites for hydroxylation is 2. The Morgan fingerprint density at radius 1 is 1.21 bits per heavy atom. The second kappa shape index (κ2) is 8.75. The molecule has 28 heavy (non-hydrogen) atoms. The van der Waals surface area contributed by atoms with Crippen molar-refractivity contribution < 1.29 is 4.39 Å². The monoisotopic (exact) mass is 399 g/mol. The smallest absolute Gasteiger partial charge is 0.229 e. The third-order valence-electron chi connectivity index (χ3n) is 4.05. The zero-order valence-corrected chi connectivity index (χ0v) is 16.7. The Bertz CT molecular complexity index is 1010. The van der Waals surface area contributed by atoms with E-state index in [1.165, 1.54) is 12.1 Å². The molecular formula is C19H22FN7S. The summed E-state index contributed by atoms with van der Waals surface area (Å²) < 4.78 is 13.5. The highest BCUT2D eigenvalue weighted by atomic mass is 32.1. The van der Waals surface area contributed by atoms with Crippen LogP contribution in [0, 0.1) is 19.7 Å². The number of aromatic nitrogens is 3. The van der Waals surface area contributed by atoms with Gasteiger partial charge < -0.3 is 15.6 Å². The van der Waals surface area contributed by atoms with Crippen molar-refractivity contribution in [3.05, 3.63) is 53.2 Å². The first-order valence-corrected chi connectivity index (χ1v) is 9.23. The summed E-state index contributed by atoms with van der Waals surface area (Å²) in [6, 6.07) is 6.59. The van der Waals surface area contributed by atoms with E-state index < -0.39 is 0 Å². The maximum Gasteiger partial charge on any atom is 0.229 e. The van der Waals surface area contributed by atoms with Gasteiger partial charge in [-0.15, -0.1) is 0 Å². The maximum atomic E-state index is 13.5. The Hall–Kier alpha value is -3.07. The van der Waals surface area contributed by atoms with Crippen LogP contribution >= 0.6 is 12.2 Å². The van der Waals surface area contributed by atoms with E-state index in [2.05, 4.69) is 35.9 Å². The SMILES string of the molecule is CNC(=S)NC(=NCCc1c[nH]c2ccc(F)cc12)Nc1nc(C)cc(C)n1. The van der Waals surface area contributed by atoms with Crippen molar-refractivity contribution in [1.82, 2.24) is 25.6 Å². The molecule has 7 nitrogen and oxygen atoms in total. The molecule has 0 saturated carbocycles. The molecule has 146 valence electrons. The van der Waals surface area contributed by atoms with E-state index in [0.29, 0.717) is 30.0 Å². The van der Waals surface area contributed by atoms with E-state index in [0.717, 1.165) is 27.9 Å². The molecule has 0 fully saturated rings. The highest BCUT2D eigenvalue weighted by Gasteiger charge is 2.08.